The maximum Gasteiger partial charge on any atom is 0.182 e. The summed E-state index contributed by atoms with van der Waals surface area (Å²) in [6, 6.07) is 72.1. The third kappa shape index (κ3) is 4.20. The molecule has 9 aromatic carbocycles. The van der Waals surface area contributed by atoms with E-state index in [1.54, 1.807) is 0 Å². The van der Waals surface area contributed by atoms with Gasteiger partial charge in [0.25, 0.3) is 0 Å². The normalized spacial score (nSPS) is 16.1. The van der Waals surface area contributed by atoms with E-state index >= 15 is 0 Å². The Kier molecular flexibility index (Phi) is 6.76. The molecule has 1 aliphatic carbocycles. The number of benzene rings is 9. The Hall–Kier alpha value is -7.20. The summed E-state index contributed by atoms with van der Waals surface area (Å²) in [7, 11) is -2.75. The van der Waals surface area contributed by atoms with Crippen LogP contribution in [0.5, 0.6) is 11.5 Å². The third-order valence-corrected chi connectivity index (χ3v) is 20.3. The minimum atomic E-state index is -2.75. The Morgan fingerprint density at radius 2 is 0.905 bits per heavy atom. The highest BCUT2D eigenvalue weighted by atomic mass is 28.3. The van der Waals surface area contributed by atoms with Gasteiger partial charge in [-0.05, 0) is 127 Å². The van der Waals surface area contributed by atoms with Crippen molar-refractivity contribution in [3.05, 3.63) is 233 Å². The minimum Gasteiger partial charge on any atom is -0.457 e. The van der Waals surface area contributed by atoms with Gasteiger partial charge in [0.15, 0.2) is 8.07 Å². The number of aryl methyl sites for hydroxylation is 2. The van der Waals surface area contributed by atoms with Gasteiger partial charge in [-0.3, -0.25) is 0 Å². The molecule has 5 aliphatic rings. The average Bonchev–Trinajstić information content (AvgIpc) is 3.85. The molecule has 14 rings (SSSR count). The molecule has 0 saturated carbocycles. The van der Waals surface area contributed by atoms with Crippen molar-refractivity contribution in [2.24, 2.45) is 0 Å². The van der Waals surface area contributed by atoms with Gasteiger partial charge >= 0.3 is 0 Å². The second kappa shape index (κ2) is 12.0. The molecule has 0 bridgehead atoms. The monoisotopic (exact) mass is 821 g/mol. The Morgan fingerprint density at radius 1 is 0.381 bits per heavy atom. The molecule has 0 N–H and O–H groups in total. The van der Waals surface area contributed by atoms with Crippen molar-refractivity contribution in [1.82, 2.24) is 0 Å². The zero-order valence-corrected chi connectivity index (χ0v) is 36.8. The SMILES string of the molecule is Cc1ccc2c(c1)[Si]1(c3ccccc3-c3ccc(N4c5ccccc5C5(c6ccccc6Oc6ccccc65)c5cc6c(cc54)-c4ccccc4C6(C)C)cc31)c1cc(C)ccc1-2. The van der Waals surface area contributed by atoms with Crippen molar-refractivity contribution in [1.29, 1.82) is 0 Å². The second-order valence-electron chi connectivity index (χ2n) is 18.9. The fourth-order valence-corrected chi connectivity index (χ4v) is 18.7. The smallest absolute Gasteiger partial charge is 0.182 e. The highest BCUT2D eigenvalue weighted by molar-refractivity contribution is 7.24. The first-order chi connectivity index (χ1) is 30.8. The van der Waals surface area contributed by atoms with Crippen molar-refractivity contribution in [2.45, 2.75) is 38.5 Å². The van der Waals surface area contributed by atoms with Gasteiger partial charge in [0, 0.05) is 22.2 Å². The van der Waals surface area contributed by atoms with E-state index in [1.165, 1.54) is 116 Å². The lowest BCUT2D eigenvalue weighted by molar-refractivity contribution is 0.434. The quantitative estimate of drug-likeness (QED) is 0.153. The molecule has 9 aromatic rings. The summed E-state index contributed by atoms with van der Waals surface area (Å²) >= 11 is 0. The first-order valence-electron chi connectivity index (χ1n) is 22.3. The summed E-state index contributed by atoms with van der Waals surface area (Å²) in [4.78, 5) is 2.61. The molecule has 0 unspecified atom stereocenters. The van der Waals surface area contributed by atoms with Gasteiger partial charge in [-0.1, -0.05) is 177 Å². The summed E-state index contributed by atoms with van der Waals surface area (Å²) in [5.41, 5.74) is 21.1. The van der Waals surface area contributed by atoms with E-state index in [2.05, 4.69) is 221 Å². The van der Waals surface area contributed by atoms with Gasteiger partial charge in [0.05, 0.1) is 16.8 Å². The summed E-state index contributed by atoms with van der Waals surface area (Å²) < 4.78 is 6.83. The van der Waals surface area contributed by atoms with Gasteiger partial charge in [-0.25, -0.2) is 0 Å². The van der Waals surface area contributed by atoms with Crippen LogP contribution in [0.15, 0.2) is 188 Å². The predicted molar refractivity (Wildman–Crippen MR) is 262 cm³/mol. The summed E-state index contributed by atoms with van der Waals surface area (Å²) in [6.07, 6.45) is 0. The van der Waals surface area contributed by atoms with E-state index in [9.17, 15) is 0 Å². The Bertz CT molecular complexity index is 3420. The lowest BCUT2D eigenvalue weighted by Crippen LogP contribution is -2.70. The van der Waals surface area contributed by atoms with E-state index in [-0.39, 0.29) is 5.41 Å². The number of hydrogen-bond donors (Lipinski definition) is 0. The maximum absolute atomic E-state index is 6.83. The zero-order chi connectivity index (χ0) is 42.0. The molecule has 2 nitrogen and oxygen atoms in total. The molecule has 0 saturated heterocycles. The fourth-order valence-electron chi connectivity index (χ4n) is 12.9. The molecular weight excluding hydrogens is 779 g/mol. The van der Waals surface area contributed by atoms with Gasteiger partial charge in [-0.15, -0.1) is 0 Å². The van der Waals surface area contributed by atoms with Crippen molar-refractivity contribution < 1.29 is 4.74 Å². The first-order valence-corrected chi connectivity index (χ1v) is 24.3. The predicted octanol–water partition coefficient (Wildman–Crippen LogP) is 12.2. The molecule has 4 aliphatic heterocycles. The number of ether oxygens (including phenoxy) is 1. The van der Waals surface area contributed by atoms with Crippen LogP contribution < -0.4 is 30.4 Å². The highest BCUT2D eigenvalue weighted by Crippen LogP contribution is 2.65. The zero-order valence-electron chi connectivity index (χ0n) is 35.8. The van der Waals surface area contributed by atoms with Gasteiger partial charge in [0.2, 0.25) is 0 Å². The third-order valence-electron chi connectivity index (χ3n) is 15.4. The van der Waals surface area contributed by atoms with E-state index in [0.717, 1.165) is 11.5 Å². The Morgan fingerprint density at radius 3 is 1.59 bits per heavy atom. The number of rotatable bonds is 1. The number of nitrogens with zero attached hydrogens (tertiary/aromatic N) is 1. The topological polar surface area (TPSA) is 12.5 Å². The molecule has 2 spiro atoms. The van der Waals surface area contributed by atoms with Gasteiger partial charge in [-0.2, -0.15) is 0 Å². The van der Waals surface area contributed by atoms with E-state index in [0.29, 0.717) is 0 Å². The summed E-state index contributed by atoms with van der Waals surface area (Å²) in [6.45, 7) is 9.33. The molecule has 0 atom stereocenters. The van der Waals surface area contributed by atoms with Gasteiger partial charge < -0.3 is 9.64 Å². The van der Waals surface area contributed by atoms with E-state index in [1.807, 2.05) is 0 Å². The second-order valence-corrected chi connectivity index (χ2v) is 22.6. The van der Waals surface area contributed by atoms with Crippen LogP contribution in [0.4, 0.5) is 17.1 Å². The van der Waals surface area contributed by atoms with Crippen molar-refractivity contribution >= 4 is 45.9 Å². The van der Waals surface area contributed by atoms with Crippen molar-refractivity contribution in [2.75, 3.05) is 4.90 Å². The average molecular weight is 822 g/mol. The summed E-state index contributed by atoms with van der Waals surface area (Å²) in [5.74, 6) is 1.81. The van der Waals surface area contributed by atoms with Crippen LogP contribution in [0.25, 0.3) is 33.4 Å². The lowest BCUT2D eigenvalue weighted by Gasteiger charge is -2.49. The number of anilines is 3. The standard InChI is InChI=1S/C60H43NOSi/c1-36-25-28-41-42-29-26-37(2)32-57(42)63(56(41)31-36)55-24-14-6-16-40(55)43-30-27-38(33-58(43)63)61-51-21-11-8-18-46(51)60(47-19-9-12-22-53(47)62-54-23-13-10-20-48(54)60)50-35-49-44(34-52(50)61)39-15-5-7-17-45(39)59(49,3)4/h5-35H,1-4H3. The highest BCUT2D eigenvalue weighted by Gasteiger charge is 2.56. The van der Waals surface area contributed by atoms with E-state index in [4.69, 9.17) is 4.74 Å². The van der Waals surface area contributed by atoms with Crippen molar-refractivity contribution in [3.8, 4) is 44.9 Å². The number of para-hydroxylation sites is 3. The van der Waals surface area contributed by atoms with Crippen molar-refractivity contribution in [3.63, 3.8) is 0 Å². The first kappa shape index (κ1) is 35.4. The minimum absolute atomic E-state index is 0.189. The van der Waals surface area contributed by atoms with Crippen LogP contribution in [0.3, 0.4) is 0 Å². The molecule has 0 radical (unpaired) electrons. The molecular formula is C60H43NOSi. The van der Waals surface area contributed by atoms with Crippen LogP contribution in [0.2, 0.25) is 0 Å². The fraction of sp³-hybridized carbons (Fsp3) is 0.100. The van der Waals surface area contributed by atoms with Crippen LogP contribution in [0.1, 0.15) is 58.4 Å². The Balaban J connectivity index is 1.11. The molecule has 3 heteroatoms. The molecule has 0 aromatic heterocycles. The molecule has 4 heterocycles. The molecule has 0 amide bonds. The van der Waals surface area contributed by atoms with Crippen LogP contribution in [-0.2, 0) is 10.8 Å². The molecule has 0 fully saturated rings. The number of hydrogen-bond acceptors (Lipinski definition) is 2. The molecule has 63 heavy (non-hydrogen) atoms. The number of fused-ring (bicyclic) bond motifs is 21. The largest absolute Gasteiger partial charge is 0.457 e. The van der Waals surface area contributed by atoms with Crippen LogP contribution in [-0.4, -0.2) is 8.07 Å². The lowest BCUT2D eigenvalue weighted by atomic mass is 9.60. The maximum atomic E-state index is 6.83. The van der Waals surface area contributed by atoms with Crippen LogP contribution >= 0.6 is 0 Å². The summed E-state index contributed by atoms with van der Waals surface area (Å²) in [5, 5.41) is 6.00. The Labute approximate surface area is 369 Å². The van der Waals surface area contributed by atoms with Gasteiger partial charge in [0.1, 0.15) is 11.5 Å². The molecule has 298 valence electrons. The van der Waals surface area contributed by atoms with Crippen LogP contribution in [0, 0.1) is 13.8 Å². The van der Waals surface area contributed by atoms with E-state index < -0.39 is 13.5 Å².